The van der Waals surface area contributed by atoms with Gasteiger partial charge in [0, 0.05) is 17.4 Å². The first-order chi connectivity index (χ1) is 14.1. The monoisotopic (exact) mass is 406 g/mol. The van der Waals surface area contributed by atoms with Gasteiger partial charge in [-0.3, -0.25) is 10.1 Å². The molecule has 2 N–H and O–H groups in total. The molecule has 0 heterocycles. The summed E-state index contributed by atoms with van der Waals surface area (Å²) in [7, 11) is 0. The number of para-hydroxylation sites is 3. The number of nitrogens with zero attached hydrogens (tertiary/aromatic N) is 3. The molecule has 8 heteroatoms. The SMILES string of the molecule is NC(=NN=Cc1ccccc1Oc1ccccc1[N+](=O)[O-])SCc1ccccc1. The van der Waals surface area contributed by atoms with E-state index in [1.54, 1.807) is 36.4 Å². The number of hydrogen-bond donors (Lipinski definition) is 1. The molecule has 0 aliphatic rings. The van der Waals surface area contributed by atoms with E-state index in [2.05, 4.69) is 10.2 Å². The lowest BCUT2D eigenvalue weighted by Gasteiger charge is -2.08. The summed E-state index contributed by atoms with van der Waals surface area (Å²) < 4.78 is 5.75. The van der Waals surface area contributed by atoms with Gasteiger partial charge < -0.3 is 10.5 Å². The number of amidine groups is 1. The number of benzene rings is 3. The summed E-state index contributed by atoms with van der Waals surface area (Å²) in [6.45, 7) is 0. The second-order valence-electron chi connectivity index (χ2n) is 5.82. The zero-order valence-corrected chi connectivity index (χ0v) is 16.2. The van der Waals surface area contributed by atoms with Crippen LogP contribution in [-0.4, -0.2) is 16.3 Å². The summed E-state index contributed by atoms with van der Waals surface area (Å²) >= 11 is 1.38. The number of rotatable bonds is 7. The maximum absolute atomic E-state index is 11.2. The quantitative estimate of drug-likeness (QED) is 0.258. The van der Waals surface area contributed by atoms with Crippen LogP contribution in [0, 0.1) is 10.1 Å². The van der Waals surface area contributed by atoms with E-state index >= 15 is 0 Å². The molecule has 146 valence electrons. The lowest BCUT2D eigenvalue weighted by atomic mass is 10.2. The zero-order chi connectivity index (χ0) is 20.5. The molecule has 0 aromatic heterocycles. The Morgan fingerprint density at radius 1 is 1.00 bits per heavy atom. The van der Waals surface area contributed by atoms with E-state index in [1.165, 1.54) is 24.0 Å². The van der Waals surface area contributed by atoms with Crippen LogP contribution in [0.25, 0.3) is 0 Å². The van der Waals surface area contributed by atoms with Crippen LogP contribution in [0.5, 0.6) is 11.5 Å². The Hall–Kier alpha value is -3.65. The molecular weight excluding hydrogens is 388 g/mol. The summed E-state index contributed by atoms with van der Waals surface area (Å²) in [5.74, 6) is 1.28. The van der Waals surface area contributed by atoms with Crippen LogP contribution in [0.3, 0.4) is 0 Å². The van der Waals surface area contributed by atoms with Crippen molar-refractivity contribution in [2.45, 2.75) is 5.75 Å². The van der Waals surface area contributed by atoms with Crippen molar-refractivity contribution in [2.75, 3.05) is 0 Å². The van der Waals surface area contributed by atoms with Gasteiger partial charge in [-0.05, 0) is 23.8 Å². The second kappa shape index (κ2) is 10.0. The van der Waals surface area contributed by atoms with Gasteiger partial charge in [-0.1, -0.05) is 66.4 Å². The van der Waals surface area contributed by atoms with Crippen LogP contribution >= 0.6 is 11.8 Å². The highest BCUT2D eigenvalue weighted by molar-refractivity contribution is 8.13. The largest absolute Gasteiger partial charge is 0.449 e. The minimum atomic E-state index is -0.485. The Balaban J connectivity index is 1.70. The molecule has 0 aliphatic heterocycles. The second-order valence-corrected chi connectivity index (χ2v) is 6.82. The molecule has 0 bridgehead atoms. The van der Waals surface area contributed by atoms with Gasteiger partial charge in [0.05, 0.1) is 11.1 Å². The zero-order valence-electron chi connectivity index (χ0n) is 15.3. The molecule has 3 aromatic rings. The molecule has 3 rings (SSSR count). The van der Waals surface area contributed by atoms with Crippen molar-refractivity contribution in [1.29, 1.82) is 0 Å². The third-order valence-corrected chi connectivity index (χ3v) is 4.64. The molecule has 0 spiro atoms. The van der Waals surface area contributed by atoms with E-state index in [4.69, 9.17) is 10.5 Å². The van der Waals surface area contributed by atoms with E-state index in [0.717, 1.165) is 5.56 Å². The molecule has 3 aromatic carbocycles. The lowest BCUT2D eigenvalue weighted by Crippen LogP contribution is -2.06. The number of nitrogens with two attached hydrogens (primary N) is 1. The number of nitro groups is 1. The standard InChI is InChI=1S/C21H18N4O3S/c22-21(29-15-16-8-2-1-3-9-16)24-23-14-17-10-4-6-12-19(17)28-20-13-7-5-11-18(20)25(26)27/h1-14H,15H2,(H2,22,24). The minimum absolute atomic E-state index is 0.112. The average molecular weight is 406 g/mol. The Kier molecular flexibility index (Phi) is 6.96. The smallest absolute Gasteiger partial charge is 0.311 e. The molecule has 0 aliphatic carbocycles. The molecule has 0 atom stereocenters. The first kappa shape index (κ1) is 20.1. The molecule has 0 saturated heterocycles. The van der Waals surface area contributed by atoms with E-state index < -0.39 is 4.92 Å². The van der Waals surface area contributed by atoms with Gasteiger partial charge >= 0.3 is 5.69 Å². The Labute approximate surface area is 172 Å². The summed E-state index contributed by atoms with van der Waals surface area (Å²) in [4.78, 5) is 10.7. The fourth-order valence-electron chi connectivity index (χ4n) is 2.40. The van der Waals surface area contributed by atoms with Crippen LogP contribution in [-0.2, 0) is 5.75 Å². The molecule has 0 amide bonds. The number of hydrogen-bond acceptors (Lipinski definition) is 6. The van der Waals surface area contributed by atoms with Crippen LogP contribution in [0.2, 0.25) is 0 Å². The fraction of sp³-hybridized carbons (Fsp3) is 0.0476. The number of thioether (sulfide) groups is 1. The van der Waals surface area contributed by atoms with Crippen molar-refractivity contribution in [1.82, 2.24) is 0 Å². The summed E-state index contributed by atoms with van der Waals surface area (Å²) in [6.07, 6.45) is 1.50. The topological polar surface area (TPSA) is 103 Å². The third-order valence-electron chi connectivity index (χ3n) is 3.78. The predicted octanol–water partition coefficient (Wildman–Crippen LogP) is 4.97. The third kappa shape index (κ3) is 5.91. The van der Waals surface area contributed by atoms with Crippen molar-refractivity contribution < 1.29 is 9.66 Å². The number of ether oxygens (including phenoxy) is 1. The van der Waals surface area contributed by atoms with Crippen LogP contribution in [0.15, 0.2) is 89.1 Å². The van der Waals surface area contributed by atoms with Gasteiger partial charge in [-0.25, -0.2) is 0 Å². The van der Waals surface area contributed by atoms with E-state index in [0.29, 0.717) is 22.2 Å². The van der Waals surface area contributed by atoms with Crippen molar-refractivity contribution in [3.05, 3.63) is 100 Å². The van der Waals surface area contributed by atoms with Gasteiger partial charge in [0.25, 0.3) is 0 Å². The Morgan fingerprint density at radius 2 is 1.66 bits per heavy atom. The average Bonchev–Trinajstić information content (AvgIpc) is 2.74. The van der Waals surface area contributed by atoms with Gasteiger partial charge in [0.1, 0.15) is 5.75 Å². The summed E-state index contributed by atoms with van der Waals surface area (Å²) in [5.41, 5.74) is 7.54. The first-order valence-corrected chi connectivity index (χ1v) is 9.65. The molecule has 29 heavy (non-hydrogen) atoms. The lowest BCUT2D eigenvalue weighted by molar-refractivity contribution is -0.385. The van der Waals surface area contributed by atoms with Gasteiger partial charge in [0.15, 0.2) is 5.17 Å². The van der Waals surface area contributed by atoms with E-state index in [-0.39, 0.29) is 11.4 Å². The van der Waals surface area contributed by atoms with Crippen LogP contribution in [0.4, 0.5) is 5.69 Å². The maximum atomic E-state index is 11.2. The van der Waals surface area contributed by atoms with Gasteiger partial charge in [-0.2, -0.15) is 5.10 Å². The molecule has 0 saturated carbocycles. The van der Waals surface area contributed by atoms with Crippen molar-refractivity contribution in [2.24, 2.45) is 15.9 Å². The van der Waals surface area contributed by atoms with Crippen molar-refractivity contribution in [3.8, 4) is 11.5 Å². The summed E-state index contributed by atoms with van der Waals surface area (Å²) in [6, 6.07) is 23.2. The molecule has 0 fully saturated rings. The van der Waals surface area contributed by atoms with Crippen LogP contribution < -0.4 is 10.5 Å². The molecular formula is C21H18N4O3S. The normalized spacial score (nSPS) is 11.5. The van der Waals surface area contributed by atoms with E-state index in [9.17, 15) is 10.1 Å². The highest BCUT2D eigenvalue weighted by Gasteiger charge is 2.15. The maximum Gasteiger partial charge on any atom is 0.311 e. The van der Waals surface area contributed by atoms with Gasteiger partial charge in [-0.15, -0.1) is 5.10 Å². The van der Waals surface area contributed by atoms with Crippen LogP contribution in [0.1, 0.15) is 11.1 Å². The summed E-state index contributed by atoms with van der Waals surface area (Å²) in [5, 5.41) is 19.5. The molecule has 0 radical (unpaired) electrons. The highest BCUT2D eigenvalue weighted by atomic mass is 32.2. The van der Waals surface area contributed by atoms with Crippen molar-refractivity contribution >= 4 is 28.8 Å². The first-order valence-electron chi connectivity index (χ1n) is 8.67. The highest BCUT2D eigenvalue weighted by Crippen LogP contribution is 2.32. The Bertz CT molecular complexity index is 1040. The van der Waals surface area contributed by atoms with Crippen molar-refractivity contribution in [3.63, 3.8) is 0 Å². The van der Waals surface area contributed by atoms with E-state index in [1.807, 2.05) is 36.4 Å². The minimum Gasteiger partial charge on any atom is -0.449 e. The number of nitro benzene ring substituents is 1. The van der Waals surface area contributed by atoms with Gasteiger partial charge in [0.2, 0.25) is 5.75 Å². The predicted molar refractivity (Wildman–Crippen MR) is 117 cm³/mol. The Morgan fingerprint density at radius 3 is 2.41 bits per heavy atom. The molecule has 0 unspecified atom stereocenters. The molecule has 7 nitrogen and oxygen atoms in total. The fourth-order valence-corrected chi connectivity index (χ4v) is 3.01.